The van der Waals surface area contributed by atoms with Crippen LogP contribution in [0.5, 0.6) is 0 Å². The van der Waals surface area contributed by atoms with Crippen molar-refractivity contribution in [2.45, 2.75) is 6.92 Å². The van der Waals surface area contributed by atoms with Gasteiger partial charge in [0.2, 0.25) is 0 Å². The lowest BCUT2D eigenvalue weighted by atomic mass is 10.2. The molecule has 0 bridgehead atoms. The van der Waals surface area contributed by atoms with Gasteiger partial charge in [-0.15, -0.1) is 0 Å². The first-order valence-electron chi connectivity index (χ1n) is 6.41. The molecule has 21 heavy (non-hydrogen) atoms. The predicted octanol–water partition coefficient (Wildman–Crippen LogP) is 3.24. The highest BCUT2D eigenvalue weighted by molar-refractivity contribution is 6.33. The largest absolute Gasteiger partial charge is 0.345 e. The minimum atomic E-state index is -0.597. The van der Waals surface area contributed by atoms with Crippen molar-refractivity contribution in [2.75, 3.05) is 10.6 Å². The summed E-state index contributed by atoms with van der Waals surface area (Å²) in [5.41, 5.74) is 2.38. The third kappa shape index (κ3) is 4.91. The Bertz CT molecular complexity index is 649. The number of nitrogens with zero attached hydrogens (tertiary/aromatic N) is 1. The van der Waals surface area contributed by atoms with Crippen LogP contribution in [-0.2, 0) is 4.79 Å². The van der Waals surface area contributed by atoms with Crippen LogP contribution in [0.25, 0.3) is 0 Å². The lowest BCUT2D eigenvalue weighted by molar-refractivity contribution is -0.109. The summed E-state index contributed by atoms with van der Waals surface area (Å²) < 4.78 is 0. The first-order valence-corrected chi connectivity index (χ1v) is 6.41. The molecular weight excluding hydrogens is 266 g/mol. The summed E-state index contributed by atoms with van der Waals surface area (Å²) in [5, 5.41) is 5.17. The molecule has 0 unspecified atom stereocenters. The molecule has 3 amide bonds. The molecule has 0 saturated heterocycles. The first-order chi connectivity index (χ1) is 10.1. The van der Waals surface area contributed by atoms with Crippen LogP contribution in [0.15, 0.2) is 59.6 Å². The zero-order valence-corrected chi connectivity index (χ0v) is 11.5. The normalized spacial score (nSPS) is 10.3. The molecule has 2 N–H and O–H groups in total. The predicted molar refractivity (Wildman–Crippen MR) is 83.8 cm³/mol. The van der Waals surface area contributed by atoms with E-state index in [1.807, 2.05) is 25.1 Å². The van der Waals surface area contributed by atoms with Crippen LogP contribution in [0.4, 0.5) is 16.2 Å². The molecule has 5 nitrogen and oxygen atoms in total. The summed E-state index contributed by atoms with van der Waals surface area (Å²) in [6.07, 6.45) is 0.956. The number of carbonyl (C=O) groups excluding carboxylic acids is 2. The van der Waals surface area contributed by atoms with Gasteiger partial charge in [0, 0.05) is 11.4 Å². The Hall–Kier alpha value is -2.95. The molecule has 5 heteroatoms. The van der Waals surface area contributed by atoms with Gasteiger partial charge in [0.15, 0.2) is 0 Å². The van der Waals surface area contributed by atoms with Crippen molar-refractivity contribution in [3.8, 4) is 0 Å². The number of benzene rings is 2. The molecule has 2 aromatic rings. The van der Waals surface area contributed by atoms with Crippen molar-refractivity contribution in [3.05, 3.63) is 60.2 Å². The SMILES string of the molecule is Cc1ccc(NC(=O)C=NC(=O)Nc2ccccc2)cc1. The summed E-state index contributed by atoms with van der Waals surface area (Å²) in [4.78, 5) is 26.7. The molecule has 0 radical (unpaired) electrons. The van der Waals surface area contributed by atoms with Gasteiger partial charge in [-0.1, -0.05) is 35.9 Å². The molecule has 0 aliphatic carbocycles. The average Bonchev–Trinajstić information content (AvgIpc) is 2.49. The number of carbonyl (C=O) groups is 2. The third-order valence-corrected chi connectivity index (χ3v) is 2.64. The maximum absolute atomic E-state index is 11.6. The lowest BCUT2D eigenvalue weighted by Gasteiger charge is -2.02. The van der Waals surface area contributed by atoms with Gasteiger partial charge in [-0.3, -0.25) is 4.79 Å². The van der Waals surface area contributed by atoms with Crippen molar-refractivity contribution < 1.29 is 9.59 Å². The van der Waals surface area contributed by atoms with E-state index >= 15 is 0 Å². The second-order valence-electron chi connectivity index (χ2n) is 4.41. The Labute approximate surface area is 122 Å². The second-order valence-corrected chi connectivity index (χ2v) is 4.41. The van der Waals surface area contributed by atoms with Crippen molar-refractivity contribution in [2.24, 2.45) is 4.99 Å². The number of urea groups is 1. The summed E-state index contributed by atoms with van der Waals surface area (Å²) in [6, 6.07) is 15.6. The summed E-state index contributed by atoms with van der Waals surface area (Å²) >= 11 is 0. The highest BCUT2D eigenvalue weighted by atomic mass is 16.2. The van der Waals surface area contributed by atoms with Gasteiger partial charge in [0.25, 0.3) is 5.91 Å². The Kier molecular flexibility index (Phi) is 4.82. The number of amides is 3. The van der Waals surface area contributed by atoms with Gasteiger partial charge in [0.05, 0.1) is 6.21 Å². The van der Waals surface area contributed by atoms with Crippen LogP contribution in [0, 0.1) is 6.92 Å². The van der Waals surface area contributed by atoms with Crippen molar-refractivity contribution >= 4 is 29.5 Å². The van der Waals surface area contributed by atoms with Crippen LogP contribution < -0.4 is 10.6 Å². The molecule has 0 aromatic heterocycles. The van der Waals surface area contributed by atoms with E-state index in [2.05, 4.69) is 15.6 Å². The number of nitrogens with one attached hydrogen (secondary N) is 2. The van der Waals surface area contributed by atoms with Crippen LogP contribution in [-0.4, -0.2) is 18.2 Å². The average molecular weight is 281 g/mol. The van der Waals surface area contributed by atoms with Gasteiger partial charge in [-0.25, -0.2) is 4.79 Å². The van der Waals surface area contributed by atoms with Gasteiger partial charge in [0.1, 0.15) is 0 Å². The van der Waals surface area contributed by atoms with E-state index in [1.54, 1.807) is 36.4 Å². The van der Waals surface area contributed by atoms with Gasteiger partial charge >= 0.3 is 6.03 Å². The summed E-state index contributed by atoms with van der Waals surface area (Å²) in [7, 11) is 0. The number of aliphatic imine (C=N–C) groups is 1. The molecule has 0 fully saturated rings. The van der Waals surface area contributed by atoms with Crippen LogP contribution in [0.1, 0.15) is 5.56 Å². The molecule has 0 saturated carbocycles. The van der Waals surface area contributed by atoms with E-state index in [4.69, 9.17) is 0 Å². The molecule has 0 atom stereocenters. The summed E-state index contributed by atoms with van der Waals surface area (Å²) in [5.74, 6) is -0.456. The molecule has 0 aliphatic rings. The van der Waals surface area contributed by atoms with Gasteiger partial charge in [-0.2, -0.15) is 4.99 Å². The van der Waals surface area contributed by atoms with Crippen molar-refractivity contribution in [1.82, 2.24) is 0 Å². The minimum absolute atomic E-state index is 0.456. The second kappa shape index (κ2) is 7.00. The van der Waals surface area contributed by atoms with E-state index in [0.717, 1.165) is 11.8 Å². The van der Waals surface area contributed by atoms with E-state index in [9.17, 15) is 9.59 Å². The Morgan fingerprint density at radius 2 is 1.52 bits per heavy atom. The molecule has 0 heterocycles. The summed E-state index contributed by atoms with van der Waals surface area (Å²) in [6.45, 7) is 1.96. The number of anilines is 2. The standard InChI is InChI=1S/C16H15N3O2/c1-12-7-9-14(10-8-12)18-15(20)11-17-16(21)19-13-5-3-2-4-6-13/h2-11H,1H3,(H,18,20)(H,19,21). The minimum Gasteiger partial charge on any atom is -0.321 e. The smallest absolute Gasteiger partial charge is 0.321 e. The molecule has 2 aromatic carbocycles. The van der Waals surface area contributed by atoms with Crippen molar-refractivity contribution in [1.29, 1.82) is 0 Å². The lowest BCUT2D eigenvalue weighted by Crippen LogP contribution is -2.15. The maximum atomic E-state index is 11.6. The number of aryl methyl sites for hydroxylation is 1. The highest BCUT2D eigenvalue weighted by Crippen LogP contribution is 2.08. The number of hydrogen-bond acceptors (Lipinski definition) is 2. The molecule has 0 aliphatic heterocycles. The Balaban J connectivity index is 1.87. The molecule has 2 rings (SSSR count). The Morgan fingerprint density at radius 1 is 0.905 bits per heavy atom. The first kappa shape index (κ1) is 14.5. The van der Waals surface area contributed by atoms with Crippen LogP contribution in [0.3, 0.4) is 0 Å². The fraction of sp³-hybridized carbons (Fsp3) is 0.0625. The molecule has 0 spiro atoms. The molecule has 106 valence electrons. The molecular formula is C16H15N3O2. The van der Waals surface area contributed by atoms with Crippen LogP contribution >= 0.6 is 0 Å². The monoisotopic (exact) mass is 281 g/mol. The zero-order valence-electron chi connectivity index (χ0n) is 11.5. The van der Waals surface area contributed by atoms with Crippen molar-refractivity contribution in [3.63, 3.8) is 0 Å². The number of para-hydroxylation sites is 1. The van der Waals surface area contributed by atoms with E-state index in [1.165, 1.54) is 0 Å². The Morgan fingerprint density at radius 3 is 2.19 bits per heavy atom. The number of hydrogen-bond donors (Lipinski definition) is 2. The topological polar surface area (TPSA) is 70.6 Å². The van der Waals surface area contributed by atoms with Crippen LogP contribution in [0.2, 0.25) is 0 Å². The van der Waals surface area contributed by atoms with E-state index in [0.29, 0.717) is 11.4 Å². The fourth-order valence-corrected chi connectivity index (χ4v) is 1.61. The number of rotatable bonds is 3. The maximum Gasteiger partial charge on any atom is 0.345 e. The van der Waals surface area contributed by atoms with E-state index in [-0.39, 0.29) is 0 Å². The third-order valence-electron chi connectivity index (χ3n) is 2.64. The van der Waals surface area contributed by atoms with E-state index < -0.39 is 11.9 Å². The van der Waals surface area contributed by atoms with Gasteiger partial charge in [-0.05, 0) is 31.2 Å². The fourth-order valence-electron chi connectivity index (χ4n) is 1.61. The van der Waals surface area contributed by atoms with Gasteiger partial charge < -0.3 is 10.6 Å². The highest BCUT2D eigenvalue weighted by Gasteiger charge is 2.01. The zero-order chi connectivity index (χ0) is 15.1. The quantitative estimate of drug-likeness (QED) is 0.848.